The Balaban J connectivity index is 1.39. The molecule has 1 fully saturated rings. The number of amides is 1. The molecule has 168 valence electrons. The number of rotatable bonds is 6. The van der Waals surface area contributed by atoms with Crippen LogP contribution in [0, 0.1) is 0 Å². The maximum Gasteiger partial charge on any atom is 0.237 e. The second-order valence-electron chi connectivity index (χ2n) is 7.82. The highest BCUT2D eigenvalue weighted by Crippen LogP contribution is 2.36. The number of sulfone groups is 1. The Morgan fingerprint density at radius 3 is 2.48 bits per heavy atom. The predicted molar refractivity (Wildman–Crippen MR) is 135 cm³/mol. The van der Waals surface area contributed by atoms with Crippen LogP contribution in [0.4, 0.5) is 5.69 Å². The van der Waals surface area contributed by atoms with E-state index in [1.807, 2.05) is 48.5 Å². The molecule has 0 saturated carbocycles. The number of anilines is 1. The van der Waals surface area contributed by atoms with Crippen LogP contribution in [0.25, 0.3) is 20.7 Å². The first-order valence-corrected chi connectivity index (χ1v) is 14.1. The number of fused-ring (bicyclic) bond motifs is 1. The second kappa shape index (κ2) is 9.24. The third-order valence-electron chi connectivity index (χ3n) is 5.56. The quantitative estimate of drug-likeness (QED) is 0.286. The summed E-state index contributed by atoms with van der Waals surface area (Å²) >= 11 is 2.96. The van der Waals surface area contributed by atoms with Gasteiger partial charge in [0.1, 0.15) is 16.2 Å². The first-order chi connectivity index (χ1) is 16.0. The minimum absolute atomic E-state index is 0.00101. The van der Waals surface area contributed by atoms with Crippen LogP contribution in [-0.4, -0.2) is 47.6 Å². The van der Waals surface area contributed by atoms with Gasteiger partial charge < -0.3 is 4.90 Å². The first-order valence-electron chi connectivity index (χ1n) is 10.5. The molecule has 2 aromatic carbocycles. The topological polar surface area (TPSA) is 80.2 Å². The van der Waals surface area contributed by atoms with Gasteiger partial charge in [-0.2, -0.15) is 0 Å². The summed E-state index contributed by atoms with van der Waals surface area (Å²) in [5.41, 5.74) is 1.84. The lowest BCUT2D eigenvalue weighted by Gasteiger charge is -2.28. The van der Waals surface area contributed by atoms with Crippen molar-refractivity contribution < 1.29 is 13.2 Å². The molecule has 6 nitrogen and oxygen atoms in total. The molecule has 0 N–H and O–H groups in total. The largest absolute Gasteiger partial charge is 0.308 e. The van der Waals surface area contributed by atoms with Crippen LogP contribution in [0.3, 0.4) is 0 Å². The summed E-state index contributed by atoms with van der Waals surface area (Å²) in [4.78, 5) is 25.8. The molecule has 1 saturated heterocycles. The van der Waals surface area contributed by atoms with Crippen molar-refractivity contribution in [1.82, 2.24) is 9.97 Å². The smallest absolute Gasteiger partial charge is 0.237 e. The number of benzene rings is 2. The summed E-state index contributed by atoms with van der Waals surface area (Å²) in [6, 6.07) is 21.1. The maximum absolute atomic E-state index is 13.3. The molecule has 9 heteroatoms. The summed E-state index contributed by atoms with van der Waals surface area (Å²) in [6.07, 6.45) is 1.98. The minimum atomic E-state index is -3.12. The Morgan fingerprint density at radius 1 is 1.06 bits per heavy atom. The lowest BCUT2D eigenvalue weighted by atomic mass is 10.2. The number of thiophene rings is 1. The molecule has 0 radical (unpaired) electrons. The molecule has 0 bridgehead atoms. The minimum Gasteiger partial charge on any atom is -0.308 e. The van der Waals surface area contributed by atoms with E-state index >= 15 is 0 Å². The molecule has 0 unspecified atom stereocenters. The number of nitrogens with zero attached hydrogens (tertiary/aromatic N) is 3. The van der Waals surface area contributed by atoms with E-state index in [-0.39, 0.29) is 29.2 Å². The Morgan fingerprint density at radius 2 is 1.79 bits per heavy atom. The van der Waals surface area contributed by atoms with Gasteiger partial charge in [-0.15, -0.1) is 11.3 Å². The Labute approximate surface area is 200 Å². The highest BCUT2D eigenvalue weighted by molar-refractivity contribution is 8.00. The summed E-state index contributed by atoms with van der Waals surface area (Å²) < 4.78 is 24.2. The van der Waals surface area contributed by atoms with Gasteiger partial charge in [0, 0.05) is 16.0 Å². The van der Waals surface area contributed by atoms with Gasteiger partial charge in [0.15, 0.2) is 9.84 Å². The SMILES string of the molecule is O=C(CSc1ncnc2sc(-c3ccccc3)cc12)N(c1ccccc1)[C@H]1CCS(=O)(=O)C1. The van der Waals surface area contributed by atoms with Crippen LogP contribution in [0.2, 0.25) is 0 Å². The molecular weight excluding hydrogens is 474 g/mol. The third-order valence-corrected chi connectivity index (χ3v) is 9.39. The fourth-order valence-electron chi connectivity index (χ4n) is 4.02. The zero-order valence-electron chi connectivity index (χ0n) is 17.6. The fourth-order valence-corrected chi connectivity index (χ4v) is 7.62. The van der Waals surface area contributed by atoms with Gasteiger partial charge in [-0.05, 0) is 30.2 Å². The number of hydrogen-bond donors (Lipinski definition) is 0. The predicted octanol–water partition coefficient (Wildman–Crippen LogP) is 4.67. The summed E-state index contributed by atoms with van der Waals surface area (Å²) in [7, 11) is -3.12. The van der Waals surface area contributed by atoms with Crippen LogP contribution in [0.15, 0.2) is 78.1 Å². The van der Waals surface area contributed by atoms with Crippen molar-refractivity contribution in [2.24, 2.45) is 0 Å². The molecule has 1 amide bonds. The van der Waals surface area contributed by atoms with Crippen LogP contribution < -0.4 is 4.90 Å². The summed E-state index contributed by atoms with van der Waals surface area (Å²) in [5.74, 6) is 0.152. The van der Waals surface area contributed by atoms with Crippen molar-refractivity contribution in [2.45, 2.75) is 17.5 Å². The fraction of sp³-hybridized carbons (Fsp3) is 0.208. The third kappa shape index (κ3) is 4.80. The maximum atomic E-state index is 13.3. The van der Waals surface area contributed by atoms with Crippen LogP contribution >= 0.6 is 23.1 Å². The average molecular weight is 496 g/mol. The lowest BCUT2D eigenvalue weighted by molar-refractivity contribution is -0.116. The van der Waals surface area contributed by atoms with Gasteiger partial charge in [-0.1, -0.05) is 60.3 Å². The second-order valence-corrected chi connectivity index (χ2v) is 12.0. The van der Waals surface area contributed by atoms with Gasteiger partial charge in [0.25, 0.3) is 0 Å². The van der Waals surface area contributed by atoms with Gasteiger partial charge in [-0.25, -0.2) is 18.4 Å². The summed E-state index contributed by atoms with van der Waals surface area (Å²) in [5, 5.41) is 1.67. The zero-order valence-corrected chi connectivity index (χ0v) is 20.1. The van der Waals surface area contributed by atoms with E-state index in [1.165, 1.54) is 18.1 Å². The van der Waals surface area contributed by atoms with E-state index in [9.17, 15) is 13.2 Å². The van der Waals surface area contributed by atoms with Crippen LogP contribution in [-0.2, 0) is 14.6 Å². The van der Waals surface area contributed by atoms with Crippen molar-refractivity contribution in [1.29, 1.82) is 0 Å². The molecule has 0 aliphatic carbocycles. The molecule has 2 aromatic heterocycles. The molecule has 5 rings (SSSR count). The average Bonchev–Trinajstić information content (AvgIpc) is 3.42. The molecule has 3 heterocycles. The van der Waals surface area contributed by atoms with Gasteiger partial charge in [0.05, 0.1) is 23.3 Å². The number of carbonyl (C=O) groups is 1. The van der Waals surface area contributed by atoms with Crippen molar-refractivity contribution >= 4 is 54.7 Å². The molecule has 4 aromatic rings. The monoisotopic (exact) mass is 495 g/mol. The number of carbonyl (C=O) groups excluding carboxylic acids is 1. The van der Waals surface area contributed by atoms with Gasteiger partial charge in [0.2, 0.25) is 5.91 Å². The normalized spacial score (nSPS) is 17.3. The number of thioether (sulfide) groups is 1. The van der Waals surface area contributed by atoms with Crippen molar-refractivity contribution in [3.63, 3.8) is 0 Å². The molecule has 1 aliphatic rings. The molecule has 1 aliphatic heterocycles. The van der Waals surface area contributed by atoms with E-state index in [1.54, 1.807) is 16.2 Å². The van der Waals surface area contributed by atoms with Crippen molar-refractivity contribution in [2.75, 3.05) is 22.2 Å². The standard InChI is InChI=1S/C24H21N3O3S3/c28-22(27(18-9-5-2-6-10-18)19-11-12-33(29,30)15-19)14-31-23-20-13-21(17-7-3-1-4-8-17)32-24(20)26-16-25-23/h1-10,13,16,19H,11-12,14-15H2/t19-/m0/s1. The van der Waals surface area contributed by atoms with E-state index in [0.717, 1.165) is 31.4 Å². The zero-order chi connectivity index (χ0) is 22.8. The number of aromatic nitrogens is 2. The molecular formula is C24H21N3O3S3. The van der Waals surface area contributed by atoms with E-state index in [0.29, 0.717) is 6.42 Å². The first kappa shape index (κ1) is 22.1. The van der Waals surface area contributed by atoms with E-state index in [4.69, 9.17) is 0 Å². The Hall–Kier alpha value is -2.75. The summed E-state index contributed by atoms with van der Waals surface area (Å²) in [6.45, 7) is 0. The number of para-hydroxylation sites is 1. The Bertz CT molecular complexity index is 1390. The highest BCUT2D eigenvalue weighted by Gasteiger charge is 2.35. The van der Waals surface area contributed by atoms with Gasteiger partial charge in [-0.3, -0.25) is 4.79 Å². The van der Waals surface area contributed by atoms with Crippen LogP contribution in [0.5, 0.6) is 0 Å². The van der Waals surface area contributed by atoms with Crippen molar-refractivity contribution in [3.05, 3.63) is 73.1 Å². The number of hydrogen-bond acceptors (Lipinski definition) is 7. The van der Waals surface area contributed by atoms with Gasteiger partial charge >= 0.3 is 0 Å². The lowest BCUT2D eigenvalue weighted by Crippen LogP contribution is -2.42. The van der Waals surface area contributed by atoms with E-state index in [2.05, 4.69) is 28.2 Å². The van der Waals surface area contributed by atoms with E-state index < -0.39 is 9.84 Å². The molecule has 1 atom stereocenters. The van der Waals surface area contributed by atoms with Crippen molar-refractivity contribution in [3.8, 4) is 10.4 Å². The highest BCUT2D eigenvalue weighted by atomic mass is 32.2. The van der Waals surface area contributed by atoms with Crippen LogP contribution in [0.1, 0.15) is 6.42 Å². The molecule has 0 spiro atoms. The molecule has 33 heavy (non-hydrogen) atoms. The Kier molecular flexibility index (Phi) is 6.18.